The van der Waals surface area contributed by atoms with Crippen LogP contribution >= 0.6 is 0 Å². The molecule has 44 atom stereocenters. The first-order chi connectivity index (χ1) is 59.9. The molecule has 58 heteroatoms. The van der Waals surface area contributed by atoms with Crippen molar-refractivity contribution in [1.82, 2.24) is 26.6 Å². The van der Waals surface area contributed by atoms with E-state index in [0.717, 1.165) is 34.6 Å². The van der Waals surface area contributed by atoms with Crippen molar-refractivity contribution in [3.63, 3.8) is 0 Å². The van der Waals surface area contributed by atoms with Crippen LogP contribution in [0, 0.1) is 0 Å². The first-order valence-corrected chi connectivity index (χ1v) is 39.6. The monoisotopic (exact) mass is 1870 g/mol. The molecule has 0 aliphatic carbocycles. The summed E-state index contributed by atoms with van der Waals surface area (Å²) < 4.78 is 87.3. The van der Waals surface area contributed by atoms with Crippen molar-refractivity contribution in [2.45, 2.75) is 328 Å². The molecular formula is C70H113N5O53. The molecule has 8 heterocycles. The molecule has 8 aliphatic heterocycles. The zero-order valence-corrected chi connectivity index (χ0v) is 68.3. The van der Waals surface area contributed by atoms with Crippen molar-refractivity contribution in [2.24, 2.45) is 0 Å². The summed E-state index contributed by atoms with van der Waals surface area (Å²) in [6.07, 6.45) is -91.4. The molecule has 58 nitrogen and oxygen atoms in total. The summed E-state index contributed by atoms with van der Waals surface area (Å²) in [7, 11) is 0. The van der Waals surface area contributed by atoms with Crippen LogP contribution < -0.4 is 26.6 Å². The van der Waals surface area contributed by atoms with Crippen molar-refractivity contribution in [3.8, 4) is 0 Å². The van der Waals surface area contributed by atoms with Crippen molar-refractivity contribution in [2.75, 3.05) is 52.9 Å². The number of carbonyl (C=O) groups excluding carboxylic acids is 5. The number of ether oxygens (including phenoxy) is 15. The van der Waals surface area contributed by atoms with Crippen molar-refractivity contribution < 1.29 is 262 Å². The molecule has 0 aromatic carbocycles. The molecule has 128 heavy (non-hydrogen) atoms. The Morgan fingerprint density at radius 2 is 0.609 bits per heavy atom. The summed E-state index contributed by atoms with van der Waals surface area (Å²) in [5.74, 6) is -28.9. The van der Waals surface area contributed by atoms with Gasteiger partial charge in [-0.15, -0.1) is 0 Å². The Hall–Kier alpha value is -6.37. The van der Waals surface area contributed by atoms with Gasteiger partial charge in [0.1, 0.15) is 171 Å². The molecule has 0 aromatic rings. The number of carboxylic acid groups (broad SMARTS) is 4. The highest BCUT2D eigenvalue weighted by molar-refractivity contribution is 5.79. The maximum atomic E-state index is 14.3. The number of hydrogen-bond acceptors (Lipinski definition) is 49. The molecule has 8 rings (SSSR count). The van der Waals surface area contributed by atoms with Crippen molar-refractivity contribution in [3.05, 3.63) is 0 Å². The second-order valence-corrected chi connectivity index (χ2v) is 31.8. The molecule has 0 saturated carbocycles. The predicted molar refractivity (Wildman–Crippen MR) is 391 cm³/mol. The average molecular weight is 1870 g/mol. The molecule has 8 fully saturated rings. The fourth-order valence-electron chi connectivity index (χ4n) is 16.3. The van der Waals surface area contributed by atoms with Crippen LogP contribution in [0.3, 0.4) is 0 Å². The van der Waals surface area contributed by atoms with Gasteiger partial charge in [-0.1, -0.05) is 0 Å². The van der Waals surface area contributed by atoms with Gasteiger partial charge < -0.3 is 246 Å². The van der Waals surface area contributed by atoms with Gasteiger partial charge in [-0.05, 0) is 0 Å². The van der Waals surface area contributed by atoms with Crippen LogP contribution in [0.4, 0.5) is 0 Å². The molecule has 736 valence electrons. The first-order valence-electron chi connectivity index (χ1n) is 39.6. The number of nitrogens with one attached hydrogen (secondary N) is 5. The Labute approximate surface area is 721 Å². The summed E-state index contributed by atoms with van der Waals surface area (Å²) in [5, 5.41) is 335. The van der Waals surface area contributed by atoms with Crippen molar-refractivity contribution >= 4 is 53.4 Å². The third-order valence-corrected chi connectivity index (χ3v) is 22.6. The van der Waals surface area contributed by atoms with Crippen LogP contribution in [-0.4, -0.2) is 522 Å². The standard InChI is InChI=1S/C70H113N5O53/c1-18(84)71-35-23(89)6-67(63(106)107,123-53(35)40(95)27(93)10-76)121-30(13-79)43(98)55-37(73-20(3)86)25(91)8-69(125-55,65(110)111)127-57-42(97)29(12-78)115-61(48(57)103)118-50-33(16-82)116-60(39(45(50)100)75-22(5)88)120-52-34(17-83)117-62(119-51-32(15-81)114-59(105)47(102)46(51)101)49(104)58(52)128-70(66(112)113)9-26(92)38(74-21(4)87)56(126-70)44(99)31(14-80)122-68(64(108)109)7-24(90)36(72-19(2)85)54(124-68)41(96)28(94)11-77/h23-62,76-83,89-105H,6-17H2,1-5H3,(H,71,84)(H,72,85)(H,73,86)(H,74,87)(H,75,88)(H,106,107)(H,108,109)(H,110,111)(H,112,113)/t23-,24-,25-,26-,27+,28+,29+,30+,31+,32+,33+,34+,35+,36+,37+,38+,39+,40+,41+,42-,43+,44+,45+,46+,47+,48+,49+,50-,51+,52-,53+,54+,55+,56+,57-,58+,59-,60-,61-,62-,67+,68+,69-,70-/m0/s1. The molecule has 0 unspecified atom stereocenters. The molecule has 0 aromatic heterocycles. The Balaban J connectivity index is 1.15. The van der Waals surface area contributed by atoms with Gasteiger partial charge in [0.25, 0.3) is 23.1 Å². The van der Waals surface area contributed by atoms with Gasteiger partial charge in [0, 0.05) is 60.3 Å². The summed E-state index contributed by atoms with van der Waals surface area (Å²) in [4.78, 5) is 118. The van der Waals surface area contributed by atoms with E-state index >= 15 is 0 Å². The second-order valence-electron chi connectivity index (χ2n) is 31.8. The van der Waals surface area contributed by atoms with Gasteiger partial charge in [0.2, 0.25) is 29.5 Å². The van der Waals surface area contributed by atoms with Crippen LogP contribution in [0.1, 0.15) is 60.3 Å². The van der Waals surface area contributed by atoms with E-state index in [4.69, 9.17) is 71.1 Å². The molecule has 8 aliphatic rings. The zero-order chi connectivity index (χ0) is 95.9. The highest BCUT2D eigenvalue weighted by Gasteiger charge is 2.67. The van der Waals surface area contributed by atoms with Gasteiger partial charge in [0.15, 0.2) is 25.2 Å². The first kappa shape index (κ1) is 107. The number of aliphatic carboxylic acids is 4. The van der Waals surface area contributed by atoms with E-state index in [1.807, 2.05) is 0 Å². The molecule has 8 saturated heterocycles. The Morgan fingerprint density at radius 3 is 0.953 bits per heavy atom. The molecule has 0 bridgehead atoms. The minimum absolute atomic E-state index is 0.777. The van der Waals surface area contributed by atoms with E-state index in [0.29, 0.717) is 0 Å². The lowest BCUT2D eigenvalue weighted by atomic mass is 9.87. The molecule has 0 radical (unpaired) electrons. The van der Waals surface area contributed by atoms with Gasteiger partial charge in [-0.2, -0.15) is 0 Å². The lowest BCUT2D eigenvalue weighted by Crippen LogP contribution is -2.73. The summed E-state index contributed by atoms with van der Waals surface area (Å²) in [6, 6.07) is -10.3. The van der Waals surface area contributed by atoms with Crippen LogP contribution in [0.2, 0.25) is 0 Å². The van der Waals surface area contributed by atoms with E-state index in [-0.39, 0.29) is 0 Å². The number of amides is 5. The van der Waals surface area contributed by atoms with Crippen LogP contribution in [0.5, 0.6) is 0 Å². The highest BCUT2D eigenvalue weighted by Crippen LogP contribution is 2.46. The Morgan fingerprint density at radius 1 is 0.320 bits per heavy atom. The molecule has 5 amide bonds. The molecule has 34 N–H and O–H groups in total. The third kappa shape index (κ3) is 23.2. The van der Waals surface area contributed by atoms with E-state index < -0.39 is 400 Å². The fraction of sp³-hybridized carbons (Fsp3) is 0.871. The Bertz CT molecular complexity index is 3720. The van der Waals surface area contributed by atoms with E-state index in [1.165, 1.54) is 0 Å². The minimum Gasteiger partial charge on any atom is -0.477 e. The largest absolute Gasteiger partial charge is 0.477 e. The van der Waals surface area contributed by atoms with E-state index in [9.17, 15) is 191 Å². The SMILES string of the molecule is CC(=O)N[C@H]1[C@H](O[C@@H]2[C@H](O[C@]3(C(=O)O)C[C@H](O)[C@@H](NC(C)=O)[C@H]([C@H](O)[C@@H](CO)O[C@]4(C(=O)O)C[C@H](O)[C@@H](NC(C)=O)[C@H]([C@H](O)[C@H](O)CO)O4)O3)[C@@H](O)[C@H](O[C@H]3[C@H](O)[C@@H](O)[C@@H](O)O[C@@H]3CO)O[C@@H]2CO)O[C@H](CO)[C@H](O[C@@H]2O[C@H](CO)[C@H](O)[C@H](O[C@]3(C(=O)O)C[C@H](O)[C@@H](NC(C)=O)[C@H]([C@H](O)[C@@H](CO)O[C@]4(C(=O)O)C[C@H](O)[C@@H](NC(C)=O)[C@H]([C@H](O)[C@H](O)CO)O4)O3)[C@H]2O)[C@@H]1O. The fourth-order valence-corrected chi connectivity index (χ4v) is 16.3. The number of carboxylic acids is 4. The second kappa shape index (κ2) is 44.7. The lowest BCUT2D eigenvalue weighted by molar-refractivity contribution is -0.405. The average Bonchev–Trinajstić information content (AvgIpc) is 0.744. The van der Waals surface area contributed by atoms with Gasteiger partial charge >= 0.3 is 23.9 Å². The van der Waals surface area contributed by atoms with Crippen LogP contribution in [0.15, 0.2) is 0 Å². The number of rotatable bonds is 39. The topological polar surface area (TPSA) is 939 Å². The predicted octanol–water partition coefficient (Wildman–Crippen LogP) is -20.9. The maximum Gasteiger partial charge on any atom is 0.364 e. The number of aliphatic hydroxyl groups is 25. The van der Waals surface area contributed by atoms with Gasteiger partial charge in [-0.25, -0.2) is 19.2 Å². The smallest absolute Gasteiger partial charge is 0.364 e. The summed E-state index contributed by atoms with van der Waals surface area (Å²) in [5.41, 5.74) is 0. The minimum atomic E-state index is -3.79. The molecule has 0 spiro atoms. The third-order valence-electron chi connectivity index (χ3n) is 22.6. The number of aliphatic hydroxyl groups excluding tert-OH is 25. The van der Waals surface area contributed by atoms with Gasteiger partial charge in [0.05, 0.1) is 101 Å². The molecular weight excluding hydrogens is 1760 g/mol. The van der Waals surface area contributed by atoms with Crippen LogP contribution in [0.25, 0.3) is 0 Å². The number of hydrogen-bond donors (Lipinski definition) is 34. The maximum absolute atomic E-state index is 14.3. The number of carbonyl (C=O) groups is 9. The van der Waals surface area contributed by atoms with Crippen LogP contribution in [-0.2, 0) is 114 Å². The van der Waals surface area contributed by atoms with E-state index in [2.05, 4.69) is 26.6 Å². The quantitative estimate of drug-likeness (QED) is 0.0272. The normalized spacial score (nSPS) is 42.5. The summed E-state index contributed by atoms with van der Waals surface area (Å²) in [6.45, 7) is -7.11. The Kier molecular flexibility index (Phi) is 37.3. The summed E-state index contributed by atoms with van der Waals surface area (Å²) >= 11 is 0. The zero-order valence-electron chi connectivity index (χ0n) is 68.3. The lowest BCUT2D eigenvalue weighted by Gasteiger charge is -2.53. The highest BCUT2D eigenvalue weighted by atomic mass is 16.8. The van der Waals surface area contributed by atoms with Gasteiger partial charge in [-0.3, -0.25) is 24.0 Å². The van der Waals surface area contributed by atoms with E-state index in [1.54, 1.807) is 0 Å². The van der Waals surface area contributed by atoms with Crippen molar-refractivity contribution in [1.29, 1.82) is 0 Å².